The standard InChI is InChI=1S/C33H39N5O5/c1-42-29-13-11-26(23-30(29)43-2)33(41)38-18-7-17-36(20-21-38)28-12-10-25(32(40)37-16-6-14-34-15-19-37)22-27(28)35-31(39)24-8-4-3-5-9-24/h3-5,8-13,22-23,34H,6-7,14-21H2,1-2H3,(H,35,39). The van der Waals surface area contributed by atoms with Crippen LogP contribution in [0.5, 0.6) is 11.5 Å². The van der Waals surface area contributed by atoms with Gasteiger partial charge >= 0.3 is 0 Å². The average molecular weight is 586 g/mol. The van der Waals surface area contributed by atoms with Crippen LogP contribution in [0.2, 0.25) is 0 Å². The molecular formula is C33H39N5O5. The predicted molar refractivity (Wildman–Crippen MR) is 167 cm³/mol. The topological polar surface area (TPSA) is 103 Å². The summed E-state index contributed by atoms with van der Waals surface area (Å²) < 4.78 is 10.7. The number of methoxy groups -OCH3 is 2. The first-order valence-corrected chi connectivity index (χ1v) is 14.7. The van der Waals surface area contributed by atoms with Crippen LogP contribution >= 0.6 is 0 Å². The summed E-state index contributed by atoms with van der Waals surface area (Å²) >= 11 is 0. The first-order valence-electron chi connectivity index (χ1n) is 14.7. The summed E-state index contributed by atoms with van der Waals surface area (Å²) in [5.74, 6) is 0.710. The number of anilines is 2. The van der Waals surface area contributed by atoms with E-state index in [2.05, 4.69) is 15.5 Å². The van der Waals surface area contributed by atoms with Crippen molar-refractivity contribution in [2.45, 2.75) is 12.8 Å². The fourth-order valence-corrected chi connectivity index (χ4v) is 5.57. The zero-order valence-electron chi connectivity index (χ0n) is 24.8. The van der Waals surface area contributed by atoms with Gasteiger partial charge in [0.25, 0.3) is 17.7 Å². The zero-order chi connectivity index (χ0) is 30.2. The molecule has 10 heteroatoms. The van der Waals surface area contributed by atoms with Crippen LogP contribution in [0, 0.1) is 0 Å². The SMILES string of the molecule is COc1ccc(C(=O)N2CCCN(c3ccc(C(=O)N4CCCNCC4)cc3NC(=O)c3ccccc3)CC2)cc1OC. The van der Waals surface area contributed by atoms with Crippen LogP contribution in [-0.2, 0) is 0 Å². The third-order valence-corrected chi connectivity index (χ3v) is 7.91. The van der Waals surface area contributed by atoms with Crippen molar-refractivity contribution in [3.63, 3.8) is 0 Å². The van der Waals surface area contributed by atoms with Crippen LogP contribution in [0.3, 0.4) is 0 Å². The Balaban J connectivity index is 1.37. The fraction of sp³-hybridized carbons (Fsp3) is 0.364. The number of ether oxygens (including phenoxy) is 2. The van der Waals surface area contributed by atoms with E-state index in [9.17, 15) is 14.4 Å². The van der Waals surface area contributed by atoms with Crippen LogP contribution in [0.25, 0.3) is 0 Å². The van der Waals surface area contributed by atoms with Gasteiger partial charge in [0.05, 0.1) is 25.6 Å². The molecule has 2 aliphatic heterocycles. The van der Waals surface area contributed by atoms with Crippen LogP contribution < -0.4 is 25.0 Å². The quantitative estimate of drug-likeness (QED) is 0.436. The number of amides is 3. The summed E-state index contributed by atoms with van der Waals surface area (Å²) in [5, 5.41) is 6.40. The van der Waals surface area contributed by atoms with E-state index in [0.29, 0.717) is 73.1 Å². The summed E-state index contributed by atoms with van der Waals surface area (Å²) in [6.07, 6.45) is 1.64. The maximum atomic E-state index is 13.5. The van der Waals surface area contributed by atoms with Crippen molar-refractivity contribution in [3.8, 4) is 11.5 Å². The second kappa shape index (κ2) is 14.1. The maximum absolute atomic E-state index is 13.5. The Bertz CT molecular complexity index is 1440. The van der Waals surface area contributed by atoms with Crippen molar-refractivity contribution in [2.75, 3.05) is 76.8 Å². The summed E-state index contributed by atoms with van der Waals surface area (Å²) in [5.41, 5.74) is 3.00. The second-order valence-corrected chi connectivity index (χ2v) is 10.7. The van der Waals surface area contributed by atoms with Gasteiger partial charge in [-0.15, -0.1) is 0 Å². The fourth-order valence-electron chi connectivity index (χ4n) is 5.57. The maximum Gasteiger partial charge on any atom is 0.255 e. The third kappa shape index (κ3) is 7.09. The molecule has 3 amide bonds. The molecule has 10 nitrogen and oxygen atoms in total. The highest BCUT2D eigenvalue weighted by Crippen LogP contribution is 2.31. The lowest BCUT2D eigenvalue weighted by molar-refractivity contribution is 0.0759. The predicted octanol–water partition coefficient (Wildman–Crippen LogP) is 3.74. The third-order valence-electron chi connectivity index (χ3n) is 7.91. The van der Waals surface area contributed by atoms with Gasteiger partial charge in [-0.1, -0.05) is 18.2 Å². The average Bonchev–Trinajstić information content (AvgIpc) is 3.48. The van der Waals surface area contributed by atoms with E-state index in [1.165, 1.54) is 0 Å². The van der Waals surface area contributed by atoms with Crippen LogP contribution in [0.1, 0.15) is 43.9 Å². The molecule has 0 radical (unpaired) electrons. The molecule has 0 unspecified atom stereocenters. The molecule has 5 rings (SSSR count). The highest BCUT2D eigenvalue weighted by Gasteiger charge is 2.25. The molecule has 3 aromatic rings. The molecule has 43 heavy (non-hydrogen) atoms. The van der Waals surface area contributed by atoms with E-state index in [4.69, 9.17) is 9.47 Å². The normalized spacial score (nSPS) is 15.7. The number of nitrogens with one attached hydrogen (secondary N) is 2. The second-order valence-electron chi connectivity index (χ2n) is 10.7. The Kier molecular flexibility index (Phi) is 9.78. The Morgan fingerprint density at radius 2 is 1.37 bits per heavy atom. The molecule has 0 aliphatic carbocycles. The van der Waals surface area contributed by atoms with Gasteiger partial charge in [0.1, 0.15) is 0 Å². The van der Waals surface area contributed by atoms with Crippen molar-refractivity contribution in [2.24, 2.45) is 0 Å². The lowest BCUT2D eigenvalue weighted by Gasteiger charge is -2.27. The molecule has 2 heterocycles. The Morgan fingerprint density at radius 1 is 0.674 bits per heavy atom. The number of nitrogens with zero attached hydrogens (tertiary/aromatic N) is 3. The number of benzene rings is 3. The Labute approximate surface area is 252 Å². The van der Waals surface area contributed by atoms with Gasteiger partial charge in [-0.3, -0.25) is 14.4 Å². The van der Waals surface area contributed by atoms with E-state index >= 15 is 0 Å². The molecule has 226 valence electrons. The summed E-state index contributed by atoms with van der Waals surface area (Å²) in [6.45, 7) is 5.33. The molecule has 0 aromatic heterocycles. The van der Waals surface area contributed by atoms with Crippen LogP contribution in [-0.4, -0.2) is 94.1 Å². The van der Waals surface area contributed by atoms with Gasteiger partial charge in [0.15, 0.2) is 11.5 Å². The highest BCUT2D eigenvalue weighted by molar-refractivity contribution is 6.07. The number of carbonyl (C=O) groups excluding carboxylic acids is 3. The molecule has 0 bridgehead atoms. The molecule has 2 saturated heterocycles. The van der Waals surface area contributed by atoms with E-state index in [0.717, 1.165) is 31.6 Å². The first kappa shape index (κ1) is 29.9. The minimum absolute atomic E-state index is 0.0481. The summed E-state index contributed by atoms with van der Waals surface area (Å²) in [7, 11) is 3.11. The lowest BCUT2D eigenvalue weighted by atomic mass is 10.1. The van der Waals surface area contributed by atoms with E-state index in [1.54, 1.807) is 50.6 Å². The molecule has 0 spiro atoms. The van der Waals surface area contributed by atoms with Crippen LogP contribution in [0.4, 0.5) is 11.4 Å². The molecule has 2 N–H and O–H groups in total. The van der Waals surface area contributed by atoms with Crippen LogP contribution in [0.15, 0.2) is 66.7 Å². The number of hydrogen-bond donors (Lipinski definition) is 2. The van der Waals surface area contributed by atoms with Gasteiger partial charge in [-0.05, 0) is 67.9 Å². The summed E-state index contributed by atoms with van der Waals surface area (Å²) in [4.78, 5) is 46.0. The van der Waals surface area contributed by atoms with Crippen molar-refractivity contribution in [1.82, 2.24) is 15.1 Å². The molecule has 0 saturated carbocycles. The zero-order valence-corrected chi connectivity index (χ0v) is 24.8. The molecule has 3 aromatic carbocycles. The van der Waals surface area contributed by atoms with Crippen molar-refractivity contribution < 1.29 is 23.9 Å². The molecular weight excluding hydrogens is 546 g/mol. The minimum atomic E-state index is -0.245. The summed E-state index contributed by atoms with van der Waals surface area (Å²) in [6, 6.07) is 19.8. The van der Waals surface area contributed by atoms with Crippen molar-refractivity contribution in [3.05, 3.63) is 83.4 Å². The number of carbonyl (C=O) groups is 3. The van der Waals surface area contributed by atoms with Crippen molar-refractivity contribution in [1.29, 1.82) is 0 Å². The highest BCUT2D eigenvalue weighted by atomic mass is 16.5. The minimum Gasteiger partial charge on any atom is -0.493 e. The van der Waals surface area contributed by atoms with Gasteiger partial charge in [0, 0.05) is 62.5 Å². The first-order chi connectivity index (χ1) is 21.0. The van der Waals surface area contributed by atoms with Gasteiger partial charge in [-0.2, -0.15) is 0 Å². The van der Waals surface area contributed by atoms with E-state index in [-0.39, 0.29) is 17.7 Å². The Morgan fingerprint density at radius 3 is 2.14 bits per heavy atom. The monoisotopic (exact) mass is 585 g/mol. The Hall–Kier alpha value is -4.57. The van der Waals surface area contributed by atoms with E-state index in [1.807, 2.05) is 40.1 Å². The number of rotatable bonds is 7. The molecule has 2 fully saturated rings. The van der Waals surface area contributed by atoms with Gasteiger partial charge in [-0.25, -0.2) is 0 Å². The van der Waals surface area contributed by atoms with E-state index < -0.39 is 0 Å². The molecule has 2 aliphatic rings. The number of hydrogen-bond acceptors (Lipinski definition) is 7. The smallest absolute Gasteiger partial charge is 0.255 e. The lowest BCUT2D eigenvalue weighted by Crippen LogP contribution is -2.35. The largest absolute Gasteiger partial charge is 0.493 e. The van der Waals surface area contributed by atoms with Crippen molar-refractivity contribution >= 4 is 29.1 Å². The van der Waals surface area contributed by atoms with Gasteiger partial charge in [0.2, 0.25) is 0 Å². The molecule has 0 atom stereocenters. The van der Waals surface area contributed by atoms with Gasteiger partial charge < -0.3 is 34.8 Å².